The van der Waals surface area contributed by atoms with Crippen molar-refractivity contribution in [2.75, 3.05) is 0 Å². The van der Waals surface area contributed by atoms with Crippen LogP contribution in [0.4, 0.5) is 0 Å². The number of benzene rings is 1. The van der Waals surface area contributed by atoms with E-state index in [0.717, 1.165) is 34.5 Å². The van der Waals surface area contributed by atoms with Gasteiger partial charge in [-0.05, 0) is 42.2 Å². The second-order valence-electron chi connectivity index (χ2n) is 5.28. The van der Waals surface area contributed by atoms with Crippen LogP contribution in [0.2, 0.25) is 0 Å². The monoisotopic (exact) mass is 301 g/mol. The summed E-state index contributed by atoms with van der Waals surface area (Å²) >= 11 is 0. The van der Waals surface area contributed by atoms with E-state index in [-0.39, 0.29) is 0 Å². The topological polar surface area (TPSA) is 12.9 Å². The number of allylic oxidation sites excluding steroid dienone is 6. The largest absolute Gasteiger partial charge is 0.248 e. The van der Waals surface area contributed by atoms with Crippen molar-refractivity contribution in [2.45, 2.75) is 20.3 Å². The molecule has 2 rings (SSSR count). The first-order valence-electron chi connectivity index (χ1n) is 7.92. The van der Waals surface area contributed by atoms with E-state index in [9.17, 15) is 0 Å². The van der Waals surface area contributed by atoms with Gasteiger partial charge in [0.15, 0.2) is 0 Å². The summed E-state index contributed by atoms with van der Waals surface area (Å²) in [7, 11) is 0. The van der Waals surface area contributed by atoms with Crippen molar-refractivity contribution in [3.05, 3.63) is 91.2 Å². The van der Waals surface area contributed by atoms with E-state index in [1.807, 2.05) is 18.2 Å². The molecule has 0 aliphatic carbocycles. The molecule has 1 heteroatoms. The lowest BCUT2D eigenvalue weighted by Gasteiger charge is -2.10. The van der Waals surface area contributed by atoms with Crippen molar-refractivity contribution in [2.24, 2.45) is 0 Å². The first-order valence-corrected chi connectivity index (χ1v) is 7.92. The average molecular weight is 301 g/mol. The Labute approximate surface area is 139 Å². The fourth-order valence-electron chi connectivity index (χ4n) is 2.33. The first kappa shape index (κ1) is 16.7. The van der Waals surface area contributed by atoms with E-state index in [1.54, 1.807) is 6.08 Å². The van der Waals surface area contributed by atoms with Gasteiger partial charge in [0.1, 0.15) is 0 Å². The van der Waals surface area contributed by atoms with Crippen LogP contribution in [0.25, 0.3) is 22.4 Å². The Morgan fingerprint density at radius 2 is 1.91 bits per heavy atom. The summed E-state index contributed by atoms with van der Waals surface area (Å²) in [6, 6.07) is 14.4. The second kappa shape index (κ2) is 8.09. The maximum atomic E-state index is 4.75. The van der Waals surface area contributed by atoms with Gasteiger partial charge < -0.3 is 0 Å². The van der Waals surface area contributed by atoms with Crippen LogP contribution in [0.3, 0.4) is 0 Å². The van der Waals surface area contributed by atoms with Gasteiger partial charge in [0, 0.05) is 5.56 Å². The molecule has 0 saturated heterocycles. The number of hydrogen-bond donors (Lipinski definition) is 0. The van der Waals surface area contributed by atoms with Crippen LogP contribution >= 0.6 is 0 Å². The van der Waals surface area contributed by atoms with Crippen LogP contribution in [-0.4, -0.2) is 4.98 Å². The highest BCUT2D eigenvalue weighted by Gasteiger charge is 2.08. The van der Waals surface area contributed by atoms with E-state index in [0.29, 0.717) is 0 Å². The van der Waals surface area contributed by atoms with Crippen LogP contribution < -0.4 is 0 Å². The molecular formula is C22H23N. The fourth-order valence-corrected chi connectivity index (χ4v) is 2.33. The van der Waals surface area contributed by atoms with Gasteiger partial charge in [-0.3, -0.25) is 0 Å². The van der Waals surface area contributed by atoms with Crippen molar-refractivity contribution in [3.8, 4) is 11.3 Å². The number of rotatable bonds is 6. The molecule has 23 heavy (non-hydrogen) atoms. The Bertz CT molecular complexity index is 749. The van der Waals surface area contributed by atoms with Gasteiger partial charge in [-0.1, -0.05) is 74.7 Å². The van der Waals surface area contributed by atoms with E-state index >= 15 is 0 Å². The number of aromatic nitrogens is 1. The molecule has 0 N–H and O–H groups in total. The third kappa shape index (κ3) is 4.17. The van der Waals surface area contributed by atoms with Gasteiger partial charge >= 0.3 is 0 Å². The molecule has 0 atom stereocenters. The van der Waals surface area contributed by atoms with E-state index < -0.39 is 0 Å². The van der Waals surface area contributed by atoms with Gasteiger partial charge in [-0.25, -0.2) is 4.98 Å². The molecule has 0 fully saturated rings. The summed E-state index contributed by atoms with van der Waals surface area (Å²) in [5, 5.41) is 0. The number of hydrogen-bond acceptors (Lipinski definition) is 1. The maximum absolute atomic E-state index is 4.75. The quantitative estimate of drug-likeness (QED) is 0.569. The fraction of sp³-hybridized carbons (Fsp3) is 0.136. The van der Waals surface area contributed by atoms with Gasteiger partial charge in [-0.15, -0.1) is 0 Å². The third-order valence-corrected chi connectivity index (χ3v) is 3.65. The zero-order chi connectivity index (χ0) is 16.7. The lowest BCUT2D eigenvalue weighted by atomic mass is 9.99. The molecule has 0 bridgehead atoms. The van der Waals surface area contributed by atoms with Crippen LogP contribution in [0.5, 0.6) is 0 Å². The summed E-state index contributed by atoms with van der Waals surface area (Å²) < 4.78 is 0. The molecule has 116 valence electrons. The van der Waals surface area contributed by atoms with E-state index in [4.69, 9.17) is 4.98 Å². The van der Waals surface area contributed by atoms with Crippen LogP contribution in [0.15, 0.2) is 79.9 Å². The first-order chi connectivity index (χ1) is 11.2. The van der Waals surface area contributed by atoms with Crippen molar-refractivity contribution in [3.63, 3.8) is 0 Å². The molecule has 0 aliphatic heterocycles. The molecule has 0 amide bonds. The summed E-state index contributed by atoms with van der Waals surface area (Å²) in [6.07, 6.45) is 9.21. The second-order valence-corrected chi connectivity index (χ2v) is 5.28. The Hall–Kier alpha value is -2.67. The lowest BCUT2D eigenvalue weighted by molar-refractivity contribution is 1.22. The zero-order valence-electron chi connectivity index (χ0n) is 13.9. The third-order valence-electron chi connectivity index (χ3n) is 3.65. The maximum Gasteiger partial charge on any atom is 0.0715 e. The Balaban J connectivity index is 2.60. The zero-order valence-corrected chi connectivity index (χ0v) is 13.9. The predicted octanol–water partition coefficient (Wildman–Crippen LogP) is 6.32. The highest BCUT2D eigenvalue weighted by atomic mass is 14.7. The van der Waals surface area contributed by atoms with Crippen molar-refractivity contribution in [1.29, 1.82) is 0 Å². The van der Waals surface area contributed by atoms with Crippen LogP contribution in [-0.2, 0) is 0 Å². The molecular weight excluding hydrogens is 278 g/mol. The molecule has 0 unspecified atom stereocenters. The highest BCUT2D eigenvalue weighted by Crippen LogP contribution is 2.26. The highest BCUT2D eigenvalue weighted by molar-refractivity contribution is 5.80. The minimum absolute atomic E-state index is 0.832. The predicted molar refractivity (Wildman–Crippen MR) is 102 cm³/mol. The Kier molecular flexibility index (Phi) is 5.87. The van der Waals surface area contributed by atoms with Gasteiger partial charge in [0.25, 0.3) is 0 Å². The smallest absolute Gasteiger partial charge is 0.0715 e. The molecule has 0 aliphatic rings. The molecule has 1 heterocycles. The number of nitrogens with zero attached hydrogens (tertiary/aromatic N) is 1. The molecule has 2 aromatic rings. The van der Waals surface area contributed by atoms with Crippen LogP contribution in [0.1, 0.15) is 31.5 Å². The van der Waals surface area contributed by atoms with Gasteiger partial charge in [0.2, 0.25) is 0 Å². The summed E-state index contributed by atoms with van der Waals surface area (Å²) in [4.78, 5) is 4.75. The van der Waals surface area contributed by atoms with Crippen molar-refractivity contribution in [1.82, 2.24) is 4.98 Å². The van der Waals surface area contributed by atoms with Gasteiger partial charge in [0.05, 0.1) is 11.4 Å². The van der Waals surface area contributed by atoms with E-state index in [1.165, 1.54) is 5.57 Å². The molecule has 0 saturated carbocycles. The van der Waals surface area contributed by atoms with Crippen LogP contribution in [0, 0.1) is 0 Å². The summed E-state index contributed by atoms with van der Waals surface area (Å²) in [5.41, 5.74) is 6.07. The SMILES string of the molecule is C=CC(=C)c1cc(C(/C=C\CC)=C/C)cc(-c2ccccc2)n1. The Morgan fingerprint density at radius 1 is 1.17 bits per heavy atom. The van der Waals surface area contributed by atoms with Crippen molar-refractivity contribution >= 4 is 11.1 Å². The molecule has 1 aromatic heterocycles. The Morgan fingerprint density at radius 3 is 2.52 bits per heavy atom. The number of pyridine rings is 1. The molecule has 0 spiro atoms. The molecule has 0 radical (unpaired) electrons. The van der Waals surface area contributed by atoms with Gasteiger partial charge in [-0.2, -0.15) is 0 Å². The standard InChI is InChI=1S/C22H23N/c1-5-8-12-18(7-3)20-15-21(17(4)6-2)23-22(16-20)19-13-10-9-11-14-19/h6-16H,2,4-5H2,1,3H3/b12-8-,18-7+. The minimum atomic E-state index is 0.832. The summed E-state index contributed by atoms with van der Waals surface area (Å²) in [6.45, 7) is 12.1. The normalized spacial score (nSPS) is 11.7. The van der Waals surface area contributed by atoms with E-state index in [2.05, 4.69) is 69.5 Å². The van der Waals surface area contributed by atoms with Crippen molar-refractivity contribution < 1.29 is 0 Å². The summed E-state index contributed by atoms with van der Waals surface area (Å²) in [5.74, 6) is 0. The molecule has 1 nitrogen and oxygen atoms in total. The minimum Gasteiger partial charge on any atom is -0.248 e. The average Bonchev–Trinajstić information content (AvgIpc) is 2.62. The lowest BCUT2D eigenvalue weighted by Crippen LogP contribution is -1.94. The molecule has 1 aromatic carbocycles.